The molecule has 0 aliphatic carbocycles. The van der Waals surface area contributed by atoms with Crippen LogP contribution in [0.5, 0.6) is 11.5 Å². The van der Waals surface area contributed by atoms with Crippen molar-refractivity contribution in [3.63, 3.8) is 0 Å². The monoisotopic (exact) mass is 330 g/mol. The Kier molecular flexibility index (Phi) is 5.78. The summed E-state index contributed by atoms with van der Waals surface area (Å²) in [5.41, 5.74) is 1.18. The number of carboxylic acids is 1. The summed E-state index contributed by atoms with van der Waals surface area (Å²) in [6.45, 7) is 0. The number of carbonyl (C=O) groups is 2. The van der Waals surface area contributed by atoms with Crippen LogP contribution >= 0.6 is 0 Å². The topological polar surface area (TPSA) is 93.1 Å². The molecule has 0 aromatic heterocycles. The average Bonchev–Trinajstić information content (AvgIpc) is 2.59. The Bertz CT molecular complexity index is 711. The number of benzene rings is 2. The predicted molar refractivity (Wildman–Crippen MR) is 85.9 cm³/mol. The Labute approximate surface area is 139 Å². The van der Waals surface area contributed by atoms with Gasteiger partial charge in [-0.1, -0.05) is 36.4 Å². The van der Waals surface area contributed by atoms with Gasteiger partial charge in [0.25, 0.3) is 0 Å². The summed E-state index contributed by atoms with van der Waals surface area (Å²) in [5, 5.41) is 18.8. The van der Waals surface area contributed by atoms with E-state index in [0.29, 0.717) is 17.7 Å². The predicted octanol–water partition coefficient (Wildman–Crippen LogP) is 2.70. The molecule has 0 radical (unpaired) electrons. The van der Waals surface area contributed by atoms with Crippen molar-refractivity contribution in [2.45, 2.75) is 18.9 Å². The summed E-state index contributed by atoms with van der Waals surface area (Å²) in [7, 11) is 1.43. The van der Waals surface area contributed by atoms with Gasteiger partial charge in [0, 0.05) is 12.0 Å². The number of phenols is 1. The summed E-state index contributed by atoms with van der Waals surface area (Å²) >= 11 is 0. The van der Waals surface area contributed by atoms with E-state index in [9.17, 15) is 19.8 Å². The highest BCUT2D eigenvalue weighted by Crippen LogP contribution is 2.27. The summed E-state index contributed by atoms with van der Waals surface area (Å²) in [4.78, 5) is 23.3. The van der Waals surface area contributed by atoms with E-state index in [4.69, 9.17) is 9.47 Å². The number of phenolic OH excluding ortho intramolecular Hbond substituents is 1. The third-order valence-electron chi connectivity index (χ3n) is 3.44. The lowest BCUT2D eigenvalue weighted by Gasteiger charge is -2.14. The van der Waals surface area contributed by atoms with Gasteiger partial charge in [0.1, 0.15) is 0 Å². The largest absolute Gasteiger partial charge is 0.504 e. The van der Waals surface area contributed by atoms with Crippen LogP contribution in [0.2, 0.25) is 0 Å². The van der Waals surface area contributed by atoms with Gasteiger partial charge in [-0.15, -0.1) is 0 Å². The first-order valence-electron chi connectivity index (χ1n) is 7.34. The van der Waals surface area contributed by atoms with Gasteiger partial charge in [-0.3, -0.25) is 4.79 Å². The number of methoxy groups -OCH3 is 1. The number of aromatic hydroxyl groups is 1. The van der Waals surface area contributed by atoms with Gasteiger partial charge < -0.3 is 19.7 Å². The van der Waals surface area contributed by atoms with E-state index in [1.165, 1.54) is 13.2 Å². The zero-order valence-electron chi connectivity index (χ0n) is 13.1. The second-order valence-corrected chi connectivity index (χ2v) is 5.13. The van der Waals surface area contributed by atoms with Gasteiger partial charge in [0.15, 0.2) is 11.5 Å². The highest BCUT2D eigenvalue weighted by molar-refractivity contribution is 5.79. The van der Waals surface area contributed by atoms with Gasteiger partial charge in [0.2, 0.25) is 6.10 Å². The van der Waals surface area contributed by atoms with E-state index >= 15 is 0 Å². The van der Waals surface area contributed by atoms with Crippen molar-refractivity contribution in [1.82, 2.24) is 0 Å². The van der Waals surface area contributed by atoms with Crippen molar-refractivity contribution in [3.05, 3.63) is 59.7 Å². The number of aryl methyl sites for hydroxylation is 1. The minimum Gasteiger partial charge on any atom is -0.504 e. The zero-order valence-corrected chi connectivity index (χ0v) is 13.1. The lowest BCUT2D eigenvalue weighted by molar-refractivity contribution is -0.164. The molecular weight excluding hydrogens is 312 g/mol. The zero-order chi connectivity index (χ0) is 17.5. The van der Waals surface area contributed by atoms with E-state index in [-0.39, 0.29) is 12.2 Å². The molecule has 2 N–H and O–H groups in total. The van der Waals surface area contributed by atoms with E-state index in [0.717, 1.165) is 5.56 Å². The molecule has 6 heteroatoms. The fourth-order valence-electron chi connectivity index (χ4n) is 2.20. The van der Waals surface area contributed by atoms with Crippen LogP contribution in [0.15, 0.2) is 48.5 Å². The Morgan fingerprint density at radius 2 is 1.83 bits per heavy atom. The number of hydrogen-bond donors (Lipinski definition) is 2. The second-order valence-electron chi connectivity index (χ2n) is 5.13. The maximum Gasteiger partial charge on any atom is 0.349 e. The number of hydrogen-bond acceptors (Lipinski definition) is 5. The Balaban J connectivity index is 1.98. The number of carboxylic acid groups (broad SMARTS) is 1. The SMILES string of the molecule is COc1cc(CCC(=O)OC(C(=O)O)c2ccccc2)ccc1O. The molecule has 0 saturated carbocycles. The summed E-state index contributed by atoms with van der Waals surface area (Å²) in [6.07, 6.45) is -0.964. The highest BCUT2D eigenvalue weighted by atomic mass is 16.6. The van der Waals surface area contributed by atoms with Crippen LogP contribution in [0.1, 0.15) is 23.7 Å². The first-order valence-corrected chi connectivity index (χ1v) is 7.34. The second kappa shape index (κ2) is 8.01. The third-order valence-corrected chi connectivity index (χ3v) is 3.44. The number of rotatable bonds is 7. The van der Waals surface area contributed by atoms with Crippen LogP contribution < -0.4 is 4.74 Å². The lowest BCUT2D eigenvalue weighted by Crippen LogP contribution is -2.19. The smallest absolute Gasteiger partial charge is 0.349 e. The fourth-order valence-corrected chi connectivity index (χ4v) is 2.20. The Morgan fingerprint density at radius 1 is 1.12 bits per heavy atom. The van der Waals surface area contributed by atoms with Crippen molar-refractivity contribution in [2.75, 3.05) is 7.11 Å². The molecule has 1 unspecified atom stereocenters. The molecule has 0 aliphatic heterocycles. The van der Waals surface area contributed by atoms with Gasteiger partial charge >= 0.3 is 11.9 Å². The molecule has 0 amide bonds. The van der Waals surface area contributed by atoms with Gasteiger partial charge in [0.05, 0.1) is 7.11 Å². The normalized spacial score (nSPS) is 11.5. The van der Waals surface area contributed by atoms with Crippen molar-refractivity contribution < 1.29 is 29.3 Å². The Morgan fingerprint density at radius 3 is 2.46 bits per heavy atom. The molecule has 6 nitrogen and oxygen atoms in total. The molecule has 0 bridgehead atoms. The highest BCUT2D eigenvalue weighted by Gasteiger charge is 2.24. The number of carbonyl (C=O) groups excluding carboxylic acids is 1. The van der Waals surface area contributed by atoms with E-state index in [2.05, 4.69) is 0 Å². The summed E-state index contributed by atoms with van der Waals surface area (Å²) in [6, 6.07) is 13.1. The maximum atomic E-state index is 12.0. The van der Waals surface area contributed by atoms with Gasteiger partial charge in [-0.2, -0.15) is 0 Å². The maximum absolute atomic E-state index is 12.0. The van der Waals surface area contributed by atoms with Crippen LogP contribution in [0, 0.1) is 0 Å². The van der Waals surface area contributed by atoms with Crippen molar-refractivity contribution in [1.29, 1.82) is 0 Å². The van der Waals surface area contributed by atoms with Crippen LogP contribution in [-0.2, 0) is 20.7 Å². The fraction of sp³-hybridized carbons (Fsp3) is 0.222. The Hall–Kier alpha value is -3.02. The van der Waals surface area contributed by atoms with Crippen molar-refractivity contribution in [3.8, 4) is 11.5 Å². The quantitative estimate of drug-likeness (QED) is 0.758. The molecule has 126 valence electrons. The van der Waals surface area contributed by atoms with Gasteiger partial charge in [-0.25, -0.2) is 4.79 Å². The summed E-state index contributed by atoms with van der Waals surface area (Å²) < 4.78 is 10.1. The molecular formula is C18H18O6. The summed E-state index contributed by atoms with van der Waals surface area (Å²) in [5.74, 6) is -1.51. The minimum atomic E-state index is -1.33. The number of esters is 1. The van der Waals surface area contributed by atoms with Crippen molar-refractivity contribution in [2.24, 2.45) is 0 Å². The van der Waals surface area contributed by atoms with Crippen LogP contribution in [-0.4, -0.2) is 29.3 Å². The molecule has 0 heterocycles. The lowest BCUT2D eigenvalue weighted by atomic mass is 10.1. The molecule has 2 aromatic rings. The average molecular weight is 330 g/mol. The van der Waals surface area contributed by atoms with Crippen LogP contribution in [0.4, 0.5) is 0 Å². The standard InChI is InChI=1S/C18H18O6/c1-23-15-11-12(7-9-14(15)19)8-10-16(20)24-17(18(21)22)13-5-3-2-4-6-13/h2-7,9,11,17,19H,8,10H2,1H3,(H,21,22). The molecule has 2 aromatic carbocycles. The van der Waals surface area contributed by atoms with Crippen molar-refractivity contribution >= 4 is 11.9 Å². The molecule has 1 atom stereocenters. The van der Waals surface area contributed by atoms with Gasteiger partial charge in [-0.05, 0) is 24.1 Å². The van der Waals surface area contributed by atoms with Crippen LogP contribution in [0.3, 0.4) is 0 Å². The van der Waals surface area contributed by atoms with E-state index < -0.39 is 18.0 Å². The molecule has 0 fully saturated rings. The minimum absolute atomic E-state index is 0.0128. The molecule has 0 saturated heterocycles. The number of ether oxygens (including phenoxy) is 2. The molecule has 24 heavy (non-hydrogen) atoms. The molecule has 2 rings (SSSR count). The van der Waals surface area contributed by atoms with E-state index in [1.54, 1.807) is 42.5 Å². The molecule has 0 aliphatic rings. The number of aliphatic carboxylic acids is 1. The van der Waals surface area contributed by atoms with E-state index in [1.807, 2.05) is 0 Å². The third kappa shape index (κ3) is 4.49. The molecule has 0 spiro atoms. The van der Waals surface area contributed by atoms with Crippen LogP contribution in [0.25, 0.3) is 0 Å². The first-order chi connectivity index (χ1) is 11.5. The first kappa shape index (κ1) is 17.3.